The van der Waals surface area contributed by atoms with Crippen LogP contribution in [0.3, 0.4) is 0 Å². The highest BCUT2D eigenvalue weighted by atomic mass is 32.1. The van der Waals surface area contributed by atoms with Gasteiger partial charge in [0.1, 0.15) is 0 Å². The van der Waals surface area contributed by atoms with Crippen molar-refractivity contribution >= 4 is 138 Å². The van der Waals surface area contributed by atoms with Crippen LogP contribution in [-0.2, 0) is 0 Å². The van der Waals surface area contributed by atoms with Gasteiger partial charge >= 0.3 is 0 Å². The van der Waals surface area contributed by atoms with Crippen LogP contribution in [0.2, 0.25) is 0 Å². The molecule has 0 aliphatic rings. The Bertz CT molecular complexity index is 6220. The number of rotatable bonds is 7. The lowest BCUT2D eigenvalue weighted by molar-refractivity contribution is 1.65. The molecule has 0 atom stereocenters. The zero-order valence-corrected chi connectivity index (χ0v) is 50.5. The highest BCUT2D eigenvalue weighted by molar-refractivity contribution is 7.26. The fourth-order valence-corrected chi connectivity index (χ4v) is 17.5. The predicted octanol–water partition coefficient (Wildman–Crippen LogP) is 26.2. The molecule has 0 nitrogen and oxygen atoms in total. The Morgan fingerprint density at radius 2 is 0.511 bits per heavy atom. The van der Waals surface area contributed by atoms with Crippen LogP contribution < -0.4 is 0 Å². The highest BCUT2D eigenvalue weighted by Gasteiger charge is 2.23. The first kappa shape index (κ1) is 51.1. The van der Waals surface area contributed by atoms with Gasteiger partial charge in [-0.25, -0.2) is 0 Å². The normalized spacial score (nSPS) is 12.0. The van der Waals surface area contributed by atoms with E-state index in [1.54, 1.807) is 0 Å². The summed E-state index contributed by atoms with van der Waals surface area (Å²) in [6.07, 6.45) is 0. The lowest BCUT2D eigenvalue weighted by Crippen LogP contribution is -1.93. The minimum Gasteiger partial charge on any atom is -0.135 e. The molecule has 416 valence electrons. The number of benzene rings is 17. The van der Waals surface area contributed by atoms with Crippen LogP contribution in [0.15, 0.2) is 315 Å². The van der Waals surface area contributed by atoms with Crippen LogP contribution in [0.4, 0.5) is 0 Å². The van der Waals surface area contributed by atoms with Gasteiger partial charge < -0.3 is 0 Å². The van der Waals surface area contributed by atoms with E-state index in [1.807, 2.05) is 22.7 Å². The van der Waals surface area contributed by atoms with Gasteiger partial charge in [0.05, 0.1) is 0 Å². The molecule has 0 unspecified atom stereocenters. The van der Waals surface area contributed by atoms with E-state index in [-0.39, 0.29) is 0 Å². The van der Waals surface area contributed by atoms with Crippen molar-refractivity contribution in [3.05, 3.63) is 315 Å². The summed E-state index contributed by atoms with van der Waals surface area (Å²) in [7, 11) is 0. The second-order valence-electron chi connectivity index (χ2n) is 24.1. The zero-order chi connectivity index (χ0) is 59.0. The van der Waals surface area contributed by atoms with Crippen molar-refractivity contribution in [3.63, 3.8) is 0 Å². The third kappa shape index (κ3) is 7.92. The van der Waals surface area contributed by atoms with Crippen LogP contribution in [0.1, 0.15) is 0 Å². The van der Waals surface area contributed by atoms with E-state index in [1.165, 1.54) is 194 Å². The Kier molecular flexibility index (Phi) is 11.5. The number of thiophene rings is 2. The summed E-state index contributed by atoms with van der Waals surface area (Å²) in [5.74, 6) is 0. The molecule has 0 aliphatic heterocycles. The fourth-order valence-electron chi connectivity index (χ4n) is 15.2. The van der Waals surface area contributed by atoms with Crippen LogP contribution in [0.25, 0.3) is 194 Å². The van der Waals surface area contributed by atoms with Gasteiger partial charge in [-0.15, -0.1) is 22.7 Å². The van der Waals surface area contributed by atoms with E-state index in [2.05, 4.69) is 315 Å². The molecule has 0 bridgehead atoms. The number of hydrogen-bond acceptors (Lipinski definition) is 2. The van der Waals surface area contributed by atoms with Crippen molar-refractivity contribution in [1.29, 1.82) is 0 Å². The van der Waals surface area contributed by atoms with Crippen molar-refractivity contribution in [2.45, 2.75) is 0 Å². The molecule has 0 aliphatic carbocycles. The quantitative estimate of drug-likeness (QED) is 0.140. The van der Waals surface area contributed by atoms with Crippen LogP contribution in [0, 0.1) is 0 Å². The van der Waals surface area contributed by atoms with Gasteiger partial charge in [-0.05, 0) is 208 Å². The summed E-state index contributed by atoms with van der Waals surface area (Å²) in [6.45, 7) is 0. The topological polar surface area (TPSA) is 0 Å². The molecule has 2 aromatic heterocycles. The second-order valence-corrected chi connectivity index (χ2v) is 26.2. The molecule has 0 spiro atoms. The number of fused-ring (bicyclic) bond motifs is 13. The standard InChI is InChI=1S/C88H52S2/c1-2-19-54(20-3-1)83-70-26-10-11-27-71(70)86(78-52-60(43-45-74(78)83)65-31-17-35-82-88(65)76-29-13-15-33-80(76)90-82)72-47-46-63(66-22-6-7-23-67(66)72)58-39-37-57-50-61(41-38-56(57)48-58)84-68-24-8-9-25-69(68)85(62-40-36-53-18-4-5-21-55(53)49-62)77-51-59(42-44-73(77)84)64-30-16-34-81-87(64)75-28-12-14-32-79(75)89-81/h1-52H. The summed E-state index contributed by atoms with van der Waals surface area (Å²) in [6, 6.07) is 119. The highest BCUT2D eigenvalue weighted by Crippen LogP contribution is 2.51. The molecule has 19 rings (SSSR count). The van der Waals surface area contributed by atoms with Gasteiger partial charge in [0.2, 0.25) is 0 Å². The third-order valence-electron chi connectivity index (χ3n) is 19.2. The summed E-state index contributed by atoms with van der Waals surface area (Å²) in [5, 5.41) is 22.6. The first-order valence-corrected chi connectivity index (χ1v) is 32.7. The van der Waals surface area contributed by atoms with E-state index in [0.717, 1.165) is 0 Å². The zero-order valence-electron chi connectivity index (χ0n) is 48.8. The molecule has 90 heavy (non-hydrogen) atoms. The molecule has 17 aromatic carbocycles. The minimum atomic E-state index is 1.20. The van der Waals surface area contributed by atoms with E-state index in [9.17, 15) is 0 Å². The first-order chi connectivity index (χ1) is 44.6. The number of hydrogen-bond donors (Lipinski definition) is 0. The van der Waals surface area contributed by atoms with Crippen molar-refractivity contribution in [2.75, 3.05) is 0 Å². The van der Waals surface area contributed by atoms with Gasteiger partial charge in [0, 0.05) is 40.3 Å². The molecule has 0 amide bonds. The van der Waals surface area contributed by atoms with Crippen molar-refractivity contribution in [2.24, 2.45) is 0 Å². The van der Waals surface area contributed by atoms with Gasteiger partial charge in [-0.1, -0.05) is 261 Å². The largest absolute Gasteiger partial charge is 0.135 e. The molecule has 0 saturated heterocycles. The molecule has 0 fully saturated rings. The van der Waals surface area contributed by atoms with Crippen molar-refractivity contribution in [3.8, 4) is 77.9 Å². The third-order valence-corrected chi connectivity index (χ3v) is 21.5. The second kappa shape index (κ2) is 20.3. The summed E-state index contributed by atoms with van der Waals surface area (Å²) in [4.78, 5) is 0. The summed E-state index contributed by atoms with van der Waals surface area (Å²) < 4.78 is 5.25. The average molecular weight is 1170 g/mol. The summed E-state index contributed by atoms with van der Waals surface area (Å²) in [5.41, 5.74) is 17.3. The monoisotopic (exact) mass is 1170 g/mol. The molecule has 0 saturated carbocycles. The van der Waals surface area contributed by atoms with Gasteiger partial charge in [-0.2, -0.15) is 0 Å². The Morgan fingerprint density at radius 1 is 0.156 bits per heavy atom. The van der Waals surface area contributed by atoms with Crippen molar-refractivity contribution in [1.82, 2.24) is 0 Å². The molecular weight excluding hydrogens is 1120 g/mol. The van der Waals surface area contributed by atoms with Gasteiger partial charge in [0.25, 0.3) is 0 Å². The lowest BCUT2D eigenvalue weighted by atomic mass is 9.82. The van der Waals surface area contributed by atoms with E-state index in [4.69, 9.17) is 0 Å². The van der Waals surface area contributed by atoms with E-state index < -0.39 is 0 Å². The Labute approximate surface area is 528 Å². The van der Waals surface area contributed by atoms with Crippen LogP contribution in [-0.4, -0.2) is 0 Å². The smallest absolute Gasteiger partial charge is 0.0361 e. The Hall–Kier alpha value is -11.0. The molecule has 2 heterocycles. The maximum atomic E-state index is 2.49. The Balaban J connectivity index is 0.777. The van der Waals surface area contributed by atoms with Crippen molar-refractivity contribution < 1.29 is 0 Å². The van der Waals surface area contributed by atoms with E-state index in [0.29, 0.717) is 0 Å². The van der Waals surface area contributed by atoms with Gasteiger partial charge in [0.15, 0.2) is 0 Å². The minimum absolute atomic E-state index is 1.20. The molecule has 19 aromatic rings. The molecule has 0 N–H and O–H groups in total. The maximum Gasteiger partial charge on any atom is 0.0361 e. The fraction of sp³-hybridized carbons (Fsp3) is 0. The lowest BCUT2D eigenvalue weighted by Gasteiger charge is -2.21. The predicted molar refractivity (Wildman–Crippen MR) is 393 cm³/mol. The van der Waals surface area contributed by atoms with Gasteiger partial charge in [-0.3, -0.25) is 0 Å². The molecule has 0 radical (unpaired) electrons. The first-order valence-electron chi connectivity index (χ1n) is 31.0. The van der Waals surface area contributed by atoms with Crippen LogP contribution >= 0.6 is 22.7 Å². The summed E-state index contributed by atoms with van der Waals surface area (Å²) >= 11 is 3.75. The molecule has 2 heteroatoms. The Morgan fingerprint density at radius 3 is 1.09 bits per heavy atom. The average Bonchev–Trinajstić information content (AvgIpc) is 0.960. The maximum absolute atomic E-state index is 2.49. The molecular formula is C88H52S2. The van der Waals surface area contributed by atoms with Crippen LogP contribution in [0.5, 0.6) is 0 Å². The van der Waals surface area contributed by atoms with E-state index >= 15 is 0 Å². The SMILES string of the molecule is c1ccc(-c2c3ccccc3c(-c3ccc(-c4ccc5cc(-c6c7ccccc7c(-c7ccc8ccccc8c7)c7cc(-c8cccc9sc%10ccccc%10c89)ccc67)ccc5c4)c4ccccc34)c3cc(-c4cccc5sc6ccccc6c45)ccc23)cc1.